The molecule has 2 aromatic rings. The Balaban J connectivity index is 2.14. The molecule has 0 aliphatic rings. The normalized spacial score (nSPS) is 14.0. The first-order valence-electron chi connectivity index (χ1n) is 10.4. The van der Waals surface area contributed by atoms with Gasteiger partial charge in [0.1, 0.15) is 5.75 Å². The van der Waals surface area contributed by atoms with E-state index in [1.807, 2.05) is 56.3 Å². The molecule has 0 N–H and O–H groups in total. The van der Waals surface area contributed by atoms with Crippen LogP contribution < -0.4 is 4.74 Å². The van der Waals surface area contributed by atoms with Crippen LogP contribution in [0.25, 0.3) is 0 Å². The first kappa shape index (κ1) is 23.7. The summed E-state index contributed by atoms with van der Waals surface area (Å²) >= 11 is 0. The second kappa shape index (κ2) is 9.03. The van der Waals surface area contributed by atoms with Crippen LogP contribution in [-0.2, 0) is 19.7 Å². The molecule has 1 unspecified atom stereocenters. The zero-order valence-corrected chi connectivity index (χ0v) is 19.2. The van der Waals surface area contributed by atoms with Gasteiger partial charge in [0.25, 0.3) is 0 Å². The summed E-state index contributed by atoms with van der Waals surface area (Å²) < 4.78 is 10.6. The van der Waals surface area contributed by atoms with Crippen molar-refractivity contribution < 1.29 is 19.1 Å². The smallest absolute Gasteiger partial charge is 0.316 e. The molecule has 0 radical (unpaired) electrons. The number of rotatable bonds is 8. The monoisotopic (exact) mass is 410 g/mol. The Hall–Kier alpha value is -2.62. The van der Waals surface area contributed by atoms with E-state index in [1.54, 1.807) is 13.8 Å². The van der Waals surface area contributed by atoms with Gasteiger partial charge in [-0.05, 0) is 56.9 Å². The van der Waals surface area contributed by atoms with Gasteiger partial charge in [0.05, 0.1) is 17.9 Å². The van der Waals surface area contributed by atoms with Crippen molar-refractivity contribution in [3.63, 3.8) is 0 Å². The van der Waals surface area contributed by atoms with Crippen molar-refractivity contribution in [2.75, 3.05) is 7.11 Å². The lowest BCUT2D eigenvalue weighted by Gasteiger charge is -2.33. The number of hydrogen-bond acceptors (Lipinski definition) is 4. The predicted octanol–water partition coefficient (Wildman–Crippen LogP) is 5.92. The molecule has 30 heavy (non-hydrogen) atoms. The minimum atomic E-state index is -0.832. The molecule has 0 spiro atoms. The number of hydrogen-bond donors (Lipinski definition) is 0. The van der Waals surface area contributed by atoms with Gasteiger partial charge in [0.2, 0.25) is 0 Å². The third-order valence-corrected chi connectivity index (χ3v) is 6.13. The van der Waals surface area contributed by atoms with E-state index in [0.717, 1.165) is 5.56 Å². The van der Waals surface area contributed by atoms with Crippen molar-refractivity contribution in [1.29, 1.82) is 0 Å². The topological polar surface area (TPSA) is 52.6 Å². The fraction of sp³-hybridized carbons (Fsp3) is 0.462. The lowest BCUT2D eigenvalue weighted by molar-refractivity contribution is -0.157. The zero-order valence-electron chi connectivity index (χ0n) is 19.2. The van der Waals surface area contributed by atoms with E-state index in [-0.39, 0.29) is 17.4 Å². The summed E-state index contributed by atoms with van der Waals surface area (Å²) in [6, 6.07) is 17.9. The predicted molar refractivity (Wildman–Crippen MR) is 119 cm³/mol. The second-order valence-corrected chi connectivity index (χ2v) is 9.37. The number of carbonyl (C=O) groups excluding carboxylic acids is 2. The fourth-order valence-electron chi connectivity index (χ4n) is 3.84. The first-order valence-corrected chi connectivity index (χ1v) is 10.4. The first-order chi connectivity index (χ1) is 14.0. The SMILES string of the molecule is CCC(C)(CC(C)(C)C(=O)Oc1ccc(C(C)(C)c2ccccc2)cc1)C(=O)OC. The molecule has 4 heteroatoms. The summed E-state index contributed by atoms with van der Waals surface area (Å²) in [6.07, 6.45) is 0.931. The summed E-state index contributed by atoms with van der Waals surface area (Å²) in [5.74, 6) is -0.170. The molecule has 0 fully saturated rings. The van der Waals surface area contributed by atoms with Crippen molar-refractivity contribution in [3.8, 4) is 5.75 Å². The molecule has 0 amide bonds. The Kier molecular flexibility index (Phi) is 7.12. The highest BCUT2D eigenvalue weighted by Gasteiger charge is 2.42. The minimum absolute atomic E-state index is 0.160. The van der Waals surface area contributed by atoms with Gasteiger partial charge in [-0.25, -0.2) is 0 Å². The van der Waals surface area contributed by atoms with Crippen LogP contribution in [0.4, 0.5) is 0 Å². The lowest BCUT2D eigenvalue weighted by Crippen LogP contribution is -2.39. The largest absolute Gasteiger partial charge is 0.469 e. The molecule has 2 aromatic carbocycles. The van der Waals surface area contributed by atoms with Crippen LogP contribution in [0.3, 0.4) is 0 Å². The van der Waals surface area contributed by atoms with Gasteiger partial charge < -0.3 is 9.47 Å². The Bertz CT molecular complexity index is 866. The van der Waals surface area contributed by atoms with Gasteiger partial charge in [-0.3, -0.25) is 9.59 Å². The Labute approximate surface area is 180 Å². The number of methoxy groups -OCH3 is 1. The van der Waals surface area contributed by atoms with Gasteiger partial charge >= 0.3 is 11.9 Å². The van der Waals surface area contributed by atoms with Crippen molar-refractivity contribution in [1.82, 2.24) is 0 Å². The van der Waals surface area contributed by atoms with Gasteiger partial charge in [-0.1, -0.05) is 63.2 Å². The third-order valence-electron chi connectivity index (χ3n) is 6.13. The number of ether oxygens (including phenoxy) is 2. The van der Waals surface area contributed by atoms with Crippen LogP contribution in [-0.4, -0.2) is 19.0 Å². The van der Waals surface area contributed by atoms with Crippen molar-refractivity contribution >= 4 is 11.9 Å². The minimum Gasteiger partial charge on any atom is -0.469 e. The number of esters is 2. The van der Waals surface area contributed by atoms with Crippen molar-refractivity contribution in [2.24, 2.45) is 10.8 Å². The molecule has 0 saturated heterocycles. The zero-order chi connectivity index (χ0) is 22.6. The van der Waals surface area contributed by atoms with E-state index >= 15 is 0 Å². The van der Waals surface area contributed by atoms with Gasteiger partial charge in [-0.15, -0.1) is 0 Å². The highest BCUT2D eigenvalue weighted by Crippen LogP contribution is 2.39. The van der Waals surface area contributed by atoms with E-state index in [0.29, 0.717) is 18.6 Å². The lowest BCUT2D eigenvalue weighted by atomic mass is 9.72. The number of carbonyl (C=O) groups is 2. The highest BCUT2D eigenvalue weighted by atomic mass is 16.5. The summed E-state index contributed by atoms with van der Waals surface area (Å²) in [5.41, 5.74) is 0.628. The molecule has 162 valence electrons. The average molecular weight is 411 g/mol. The molecule has 0 saturated carbocycles. The molecule has 2 rings (SSSR count). The molecule has 0 aliphatic carbocycles. The quantitative estimate of drug-likeness (QED) is 0.400. The molecule has 4 nitrogen and oxygen atoms in total. The third kappa shape index (κ3) is 5.10. The van der Waals surface area contributed by atoms with Crippen LogP contribution in [0.2, 0.25) is 0 Å². The summed E-state index contributed by atoms with van der Waals surface area (Å²) in [6.45, 7) is 11.7. The molecule has 0 bridgehead atoms. The van der Waals surface area contributed by atoms with E-state index in [9.17, 15) is 9.59 Å². The molecule has 1 atom stereocenters. The maximum Gasteiger partial charge on any atom is 0.316 e. The Morgan fingerprint density at radius 2 is 1.33 bits per heavy atom. The van der Waals surface area contributed by atoms with Crippen LogP contribution in [0.1, 0.15) is 65.5 Å². The molecular weight excluding hydrogens is 376 g/mol. The van der Waals surface area contributed by atoms with Crippen molar-refractivity contribution in [2.45, 2.75) is 59.8 Å². The maximum atomic E-state index is 12.9. The number of benzene rings is 2. The highest BCUT2D eigenvalue weighted by molar-refractivity contribution is 5.81. The van der Waals surface area contributed by atoms with Crippen LogP contribution in [0.15, 0.2) is 54.6 Å². The molecule has 0 aromatic heterocycles. The molecular formula is C26H34O4. The standard InChI is InChI=1S/C26H34O4/c1-8-26(6,23(28)29-7)18-24(2,3)22(27)30-21-16-14-20(15-17-21)25(4,5)19-12-10-9-11-13-19/h9-17H,8,18H2,1-7H3. The maximum absolute atomic E-state index is 12.9. The van der Waals surface area contributed by atoms with Crippen LogP contribution >= 0.6 is 0 Å². The summed E-state index contributed by atoms with van der Waals surface area (Å²) in [5, 5.41) is 0. The van der Waals surface area contributed by atoms with E-state index in [4.69, 9.17) is 9.47 Å². The summed E-state index contributed by atoms with van der Waals surface area (Å²) in [7, 11) is 1.38. The van der Waals surface area contributed by atoms with Gasteiger partial charge in [0, 0.05) is 5.41 Å². The van der Waals surface area contributed by atoms with E-state index in [2.05, 4.69) is 26.0 Å². The van der Waals surface area contributed by atoms with Crippen molar-refractivity contribution in [3.05, 3.63) is 65.7 Å². The Morgan fingerprint density at radius 1 is 0.800 bits per heavy atom. The van der Waals surface area contributed by atoms with Crippen LogP contribution in [0.5, 0.6) is 5.75 Å². The van der Waals surface area contributed by atoms with E-state index < -0.39 is 10.8 Å². The Morgan fingerprint density at radius 3 is 1.83 bits per heavy atom. The summed E-state index contributed by atoms with van der Waals surface area (Å²) in [4.78, 5) is 25.1. The van der Waals surface area contributed by atoms with Gasteiger partial charge in [-0.2, -0.15) is 0 Å². The molecule has 0 heterocycles. The van der Waals surface area contributed by atoms with E-state index in [1.165, 1.54) is 12.7 Å². The second-order valence-electron chi connectivity index (χ2n) is 9.37. The van der Waals surface area contributed by atoms with Crippen LogP contribution in [0, 0.1) is 10.8 Å². The fourth-order valence-corrected chi connectivity index (χ4v) is 3.84. The average Bonchev–Trinajstić information content (AvgIpc) is 2.73. The van der Waals surface area contributed by atoms with Gasteiger partial charge in [0.15, 0.2) is 0 Å². The molecule has 0 aliphatic heterocycles.